The average molecular weight is 282 g/mol. The Morgan fingerprint density at radius 2 is 1.95 bits per heavy atom. The zero-order chi connectivity index (χ0) is 13.8. The van der Waals surface area contributed by atoms with E-state index < -0.39 is 0 Å². The van der Waals surface area contributed by atoms with Crippen molar-refractivity contribution < 1.29 is 0 Å². The number of anilines is 1. The second-order valence-corrected chi connectivity index (χ2v) is 6.00. The molecule has 0 saturated carbocycles. The molecule has 1 unspecified atom stereocenters. The van der Waals surface area contributed by atoms with E-state index in [1.807, 2.05) is 6.92 Å². The number of rotatable bonds is 3. The lowest BCUT2D eigenvalue weighted by Crippen LogP contribution is -2.26. The quantitative estimate of drug-likeness (QED) is 0.833. The molecular weight excluding hydrogens is 258 g/mol. The van der Waals surface area contributed by atoms with Crippen molar-refractivity contribution in [1.29, 1.82) is 0 Å². The molecule has 3 nitrogen and oxygen atoms in total. The van der Waals surface area contributed by atoms with Gasteiger partial charge in [-0.05, 0) is 50.2 Å². The Kier molecular flexibility index (Phi) is 5.03. The molecule has 1 aromatic rings. The highest BCUT2D eigenvalue weighted by molar-refractivity contribution is 6.30. The Bertz CT molecular complexity index is 434. The van der Waals surface area contributed by atoms with E-state index in [2.05, 4.69) is 28.9 Å². The minimum Gasteiger partial charge on any atom is -0.355 e. The number of nitrogens with zero attached hydrogens (tertiary/aromatic N) is 3. The van der Waals surface area contributed by atoms with Crippen molar-refractivity contribution >= 4 is 17.4 Å². The van der Waals surface area contributed by atoms with Gasteiger partial charge in [-0.25, -0.2) is 0 Å². The molecule has 1 aliphatic heterocycles. The second-order valence-electron chi connectivity index (χ2n) is 5.64. The molecule has 0 radical (unpaired) electrons. The molecule has 19 heavy (non-hydrogen) atoms. The van der Waals surface area contributed by atoms with Crippen LogP contribution in [0.1, 0.15) is 50.2 Å². The largest absolute Gasteiger partial charge is 0.355 e. The summed E-state index contributed by atoms with van der Waals surface area (Å²) in [6.45, 7) is 8.59. The third-order valence-electron chi connectivity index (χ3n) is 4.28. The first-order valence-electron chi connectivity index (χ1n) is 7.37. The summed E-state index contributed by atoms with van der Waals surface area (Å²) in [4.78, 5) is 2.39. The summed E-state index contributed by atoms with van der Waals surface area (Å²) in [6.07, 6.45) is 6.54. The first-order chi connectivity index (χ1) is 9.13. The summed E-state index contributed by atoms with van der Waals surface area (Å²) in [5.41, 5.74) is 2.23. The van der Waals surface area contributed by atoms with Crippen LogP contribution in [0.3, 0.4) is 0 Å². The van der Waals surface area contributed by atoms with Gasteiger partial charge in [0, 0.05) is 13.1 Å². The van der Waals surface area contributed by atoms with Crippen LogP contribution in [0, 0.1) is 19.8 Å². The van der Waals surface area contributed by atoms with Crippen LogP contribution < -0.4 is 4.90 Å². The van der Waals surface area contributed by atoms with Crippen LogP contribution in [0.4, 0.5) is 5.82 Å². The fourth-order valence-corrected chi connectivity index (χ4v) is 3.12. The average Bonchev–Trinajstić information content (AvgIpc) is 2.63. The molecule has 1 aromatic heterocycles. The highest BCUT2D eigenvalue weighted by Crippen LogP contribution is 2.28. The molecule has 1 aliphatic rings. The van der Waals surface area contributed by atoms with E-state index in [1.165, 1.54) is 37.7 Å². The Morgan fingerprint density at radius 1 is 1.16 bits per heavy atom. The zero-order valence-corrected chi connectivity index (χ0v) is 13.0. The van der Waals surface area contributed by atoms with E-state index in [9.17, 15) is 0 Å². The first kappa shape index (κ1) is 14.6. The highest BCUT2D eigenvalue weighted by atomic mass is 35.5. The van der Waals surface area contributed by atoms with Crippen molar-refractivity contribution in [3.05, 3.63) is 16.3 Å². The van der Waals surface area contributed by atoms with Gasteiger partial charge >= 0.3 is 0 Å². The molecule has 0 N–H and O–H groups in total. The predicted octanol–water partition coefficient (Wildman–Crippen LogP) is 4.15. The van der Waals surface area contributed by atoms with Crippen LogP contribution in [0.15, 0.2) is 0 Å². The maximum absolute atomic E-state index is 6.03. The molecular formula is C15H24ClN3. The molecule has 2 rings (SSSR count). The molecule has 1 saturated heterocycles. The van der Waals surface area contributed by atoms with Crippen LogP contribution in [-0.4, -0.2) is 23.3 Å². The van der Waals surface area contributed by atoms with Gasteiger partial charge < -0.3 is 4.90 Å². The lowest BCUT2D eigenvalue weighted by Gasteiger charge is -2.23. The number of hydrogen-bond donors (Lipinski definition) is 0. The molecule has 106 valence electrons. The fourth-order valence-electron chi connectivity index (χ4n) is 2.94. The lowest BCUT2D eigenvalue weighted by molar-refractivity contribution is 0.435. The molecule has 2 heterocycles. The van der Waals surface area contributed by atoms with Gasteiger partial charge in [-0.15, -0.1) is 10.2 Å². The highest BCUT2D eigenvalue weighted by Gasteiger charge is 2.20. The molecule has 0 amide bonds. The summed E-state index contributed by atoms with van der Waals surface area (Å²) < 4.78 is 0. The van der Waals surface area contributed by atoms with Crippen LogP contribution >= 0.6 is 11.6 Å². The van der Waals surface area contributed by atoms with E-state index in [-0.39, 0.29) is 0 Å². The van der Waals surface area contributed by atoms with Crippen molar-refractivity contribution in [3.63, 3.8) is 0 Å². The third kappa shape index (κ3) is 3.38. The maximum Gasteiger partial charge on any atom is 0.155 e. The van der Waals surface area contributed by atoms with Gasteiger partial charge in [-0.1, -0.05) is 31.4 Å². The molecule has 0 bridgehead atoms. The Hall–Kier alpha value is -0.830. The van der Waals surface area contributed by atoms with Gasteiger partial charge in [0.1, 0.15) is 0 Å². The van der Waals surface area contributed by atoms with Crippen LogP contribution in [0.5, 0.6) is 0 Å². The fraction of sp³-hybridized carbons (Fsp3) is 0.733. The van der Waals surface area contributed by atoms with Gasteiger partial charge in [0.2, 0.25) is 0 Å². The van der Waals surface area contributed by atoms with Crippen LogP contribution in [-0.2, 0) is 0 Å². The van der Waals surface area contributed by atoms with Crippen molar-refractivity contribution in [3.8, 4) is 0 Å². The normalized spacial score (nSPS) is 20.4. The van der Waals surface area contributed by atoms with Gasteiger partial charge in [-0.3, -0.25) is 0 Å². The van der Waals surface area contributed by atoms with E-state index in [1.54, 1.807) is 0 Å². The van der Waals surface area contributed by atoms with Gasteiger partial charge in [0.25, 0.3) is 0 Å². The van der Waals surface area contributed by atoms with Gasteiger partial charge in [0.15, 0.2) is 11.0 Å². The van der Waals surface area contributed by atoms with E-state index in [0.717, 1.165) is 30.4 Å². The smallest absolute Gasteiger partial charge is 0.155 e. The van der Waals surface area contributed by atoms with Gasteiger partial charge in [-0.2, -0.15) is 0 Å². The Labute approximate surface area is 121 Å². The predicted molar refractivity (Wildman–Crippen MR) is 81.0 cm³/mol. The summed E-state index contributed by atoms with van der Waals surface area (Å²) in [5, 5.41) is 8.92. The summed E-state index contributed by atoms with van der Waals surface area (Å²) in [7, 11) is 0. The maximum atomic E-state index is 6.03. The van der Waals surface area contributed by atoms with E-state index in [0.29, 0.717) is 5.15 Å². The second kappa shape index (κ2) is 6.56. The summed E-state index contributed by atoms with van der Waals surface area (Å²) in [6, 6.07) is 0. The van der Waals surface area contributed by atoms with Crippen LogP contribution in [0.25, 0.3) is 0 Å². The first-order valence-corrected chi connectivity index (χ1v) is 7.75. The van der Waals surface area contributed by atoms with Crippen LogP contribution in [0.2, 0.25) is 5.15 Å². The van der Waals surface area contributed by atoms with Crippen molar-refractivity contribution in [2.75, 3.05) is 18.0 Å². The summed E-state index contributed by atoms with van der Waals surface area (Å²) in [5.74, 6) is 1.91. The van der Waals surface area contributed by atoms with E-state index >= 15 is 0 Å². The number of halogens is 1. The molecule has 0 aromatic carbocycles. The summed E-state index contributed by atoms with van der Waals surface area (Å²) >= 11 is 6.03. The monoisotopic (exact) mass is 281 g/mol. The lowest BCUT2D eigenvalue weighted by atomic mass is 9.96. The van der Waals surface area contributed by atoms with Gasteiger partial charge in [0.05, 0.1) is 0 Å². The topological polar surface area (TPSA) is 29.0 Å². The number of aromatic nitrogens is 2. The Balaban J connectivity index is 2.12. The SMILES string of the molecule is CCCC1CCCN(c2nnc(Cl)c(C)c2C)CC1. The molecule has 4 heteroatoms. The third-order valence-corrected chi connectivity index (χ3v) is 4.64. The van der Waals surface area contributed by atoms with E-state index in [4.69, 9.17) is 11.6 Å². The standard InChI is InChI=1S/C15H24ClN3/c1-4-6-13-7-5-9-19(10-8-13)15-12(3)11(2)14(16)17-18-15/h13H,4-10H2,1-3H3. The van der Waals surface area contributed by atoms with Crippen molar-refractivity contribution in [2.24, 2.45) is 5.92 Å². The number of hydrogen-bond acceptors (Lipinski definition) is 3. The minimum atomic E-state index is 0.528. The molecule has 1 fully saturated rings. The van der Waals surface area contributed by atoms with Crippen molar-refractivity contribution in [1.82, 2.24) is 10.2 Å². The molecule has 1 atom stereocenters. The zero-order valence-electron chi connectivity index (χ0n) is 12.2. The molecule has 0 spiro atoms. The van der Waals surface area contributed by atoms with Crippen molar-refractivity contribution in [2.45, 2.75) is 52.9 Å². The minimum absolute atomic E-state index is 0.528. The Morgan fingerprint density at radius 3 is 2.68 bits per heavy atom. The molecule has 0 aliphatic carbocycles.